The number of benzene rings is 1. The third-order valence-electron chi connectivity index (χ3n) is 3.83. The minimum Gasteiger partial charge on any atom is -0.0836 e. The van der Waals surface area contributed by atoms with Gasteiger partial charge >= 0.3 is 0 Å². The summed E-state index contributed by atoms with van der Waals surface area (Å²) in [5.74, 6) is 0.725. The molecule has 1 saturated carbocycles. The Bertz CT molecular complexity index is 384. The average molecular weight is 350 g/mol. The van der Waals surface area contributed by atoms with Gasteiger partial charge in [-0.05, 0) is 36.5 Å². The molecule has 1 aromatic rings. The molecule has 0 spiro atoms. The number of rotatable bonds is 2. The van der Waals surface area contributed by atoms with Crippen molar-refractivity contribution in [1.29, 1.82) is 0 Å². The topological polar surface area (TPSA) is 0 Å². The van der Waals surface area contributed by atoms with Crippen LogP contribution in [-0.2, 0) is 0 Å². The van der Waals surface area contributed by atoms with Gasteiger partial charge in [-0.2, -0.15) is 0 Å². The lowest BCUT2D eigenvalue weighted by molar-refractivity contribution is 0.374. The van der Waals surface area contributed by atoms with Crippen molar-refractivity contribution in [2.24, 2.45) is 5.92 Å². The van der Waals surface area contributed by atoms with Gasteiger partial charge in [-0.1, -0.05) is 77.3 Å². The molecule has 0 heterocycles. The van der Waals surface area contributed by atoms with Crippen molar-refractivity contribution in [2.45, 2.75) is 49.8 Å². The highest BCUT2D eigenvalue weighted by molar-refractivity contribution is 9.09. The van der Waals surface area contributed by atoms with Gasteiger partial charge in [0, 0.05) is 4.83 Å². The fourth-order valence-corrected chi connectivity index (χ4v) is 3.86. The highest BCUT2D eigenvalue weighted by Crippen LogP contribution is 2.40. The number of hydrogen-bond acceptors (Lipinski definition) is 0. The van der Waals surface area contributed by atoms with Crippen LogP contribution in [0.3, 0.4) is 0 Å². The van der Waals surface area contributed by atoms with Gasteiger partial charge in [0.15, 0.2) is 0 Å². The second-order valence-electron chi connectivity index (χ2n) is 5.18. The molecular weight excluding hydrogens is 331 g/mol. The van der Waals surface area contributed by atoms with Crippen LogP contribution in [0.15, 0.2) is 18.2 Å². The number of alkyl halides is 1. The van der Waals surface area contributed by atoms with Crippen molar-refractivity contribution >= 4 is 39.1 Å². The van der Waals surface area contributed by atoms with Crippen LogP contribution in [0.4, 0.5) is 0 Å². The van der Waals surface area contributed by atoms with Gasteiger partial charge in [-0.25, -0.2) is 0 Å². The van der Waals surface area contributed by atoms with E-state index in [-0.39, 0.29) is 0 Å². The first-order valence-corrected chi connectivity index (χ1v) is 8.44. The normalized spacial score (nSPS) is 20.2. The lowest BCUT2D eigenvalue weighted by Gasteiger charge is -2.25. The van der Waals surface area contributed by atoms with E-state index in [0.717, 1.165) is 5.92 Å². The van der Waals surface area contributed by atoms with Gasteiger partial charge in [0.2, 0.25) is 0 Å². The second kappa shape index (κ2) is 7.17. The Morgan fingerprint density at radius 1 is 0.944 bits per heavy atom. The van der Waals surface area contributed by atoms with Gasteiger partial charge in [0.05, 0.1) is 10.0 Å². The first-order valence-electron chi connectivity index (χ1n) is 6.77. The lowest BCUT2D eigenvalue weighted by atomic mass is 9.86. The standard InChI is InChI=1S/C15H19BrCl2/c16-15(11-6-4-2-1-3-5-7-11)12-8-9-13(17)14(18)10-12/h8-11,15H,1-7H2. The minimum atomic E-state index is 0.408. The Hall–Kier alpha value is 0.280. The van der Waals surface area contributed by atoms with Crippen molar-refractivity contribution in [3.8, 4) is 0 Å². The summed E-state index contributed by atoms with van der Waals surface area (Å²) >= 11 is 15.9. The molecule has 0 N–H and O–H groups in total. The van der Waals surface area contributed by atoms with Crippen LogP contribution < -0.4 is 0 Å². The van der Waals surface area contributed by atoms with Crippen LogP contribution >= 0.6 is 39.1 Å². The third kappa shape index (κ3) is 3.88. The zero-order valence-electron chi connectivity index (χ0n) is 10.5. The van der Waals surface area contributed by atoms with Crippen LogP contribution in [-0.4, -0.2) is 0 Å². The van der Waals surface area contributed by atoms with Crippen LogP contribution in [0.5, 0.6) is 0 Å². The maximum atomic E-state index is 6.10. The molecule has 1 aromatic carbocycles. The van der Waals surface area contributed by atoms with E-state index in [1.807, 2.05) is 12.1 Å². The van der Waals surface area contributed by atoms with E-state index in [1.165, 1.54) is 50.5 Å². The molecule has 0 nitrogen and oxygen atoms in total. The summed E-state index contributed by atoms with van der Waals surface area (Å²) in [7, 11) is 0. The van der Waals surface area contributed by atoms with Crippen molar-refractivity contribution in [1.82, 2.24) is 0 Å². The second-order valence-corrected chi connectivity index (χ2v) is 6.98. The van der Waals surface area contributed by atoms with Crippen molar-refractivity contribution < 1.29 is 0 Å². The molecular formula is C15H19BrCl2. The van der Waals surface area contributed by atoms with Crippen LogP contribution in [0.2, 0.25) is 10.0 Å². The fourth-order valence-electron chi connectivity index (χ4n) is 2.74. The minimum absolute atomic E-state index is 0.408. The Morgan fingerprint density at radius 2 is 1.56 bits per heavy atom. The van der Waals surface area contributed by atoms with E-state index in [2.05, 4.69) is 22.0 Å². The van der Waals surface area contributed by atoms with Crippen LogP contribution in [0, 0.1) is 5.92 Å². The van der Waals surface area contributed by atoms with E-state index in [1.54, 1.807) is 0 Å². The highest BCUT2D eigenvalue weighted by atomic mass is 79.9. The molecule has 18 heavy (non-hydrogen) atoms. The van der Waals surface area contributed by atoms with Gasteiger partial charge in [0.1, 0.15) is 0 Å². The molecule has 0 amide bonds. The molecule has 100 valence electrons. The summed E-state index contributed by atoms with van der Waals surface area (Å²) in [6, 6.07) is 5.99. The van der Waals surface area contributed by atoms with E-state index in [4.69, 9.17) is 23.2 Å². The summed E-state index contributed by atoms with van der Waals surface area (Å²) in [6.07, 6.45) is 9.52. The zero-order chi connectivity index (χ0) is 13.0. The summed E-state index contributed by atoms with van der Waals surface area (Å²) in [5.41, 5.74) is 1.26. The smallest absolute Gasteiger partial charge is 0.0595 e. The predicted octanol–water partition coefficient (Wildman–Crippen LogP) is 6.79. The van der Waals surface area contributed by atoms with Crippen molar-refractivity contribution in [3.05, 3.63) is 33.8 Å². The molecule has 2 rings (SSSR count). The quantitative estimate of drug-likeness (QED) is 0.515. The Morgan fingerprint density at radius 3 is 2.17 bits per heavy atom. The Labute approximate surface area is 128 Å². The average Bonchev–Trinajstić information content (AvgIpc) is 2.31. The van der Waals surface area contributed by atoms with E-state index < -0.39 is 0 Å². The molecule has 3 heteroatoms. The lowest BCUT2D eigenvalue weighted by Crippen LogP contribution is -2.10. The molecule has 1 atom stereocenters. The monoisotopic (exact) mass is 348 g/mol. The molecule has 0 aliphatic heterocycles. The molecule has 0 saturated heterocycles. The SMILES string of the molecule is Clc1ccc(C(Br)C2CCCCCCC2)cc1Cl. The predicted molar refractivity (Wildman–Crippen MR) is 83.9 cm³/mol. The molecule has 1 aliphatic rings. The molecule has 1 unspecified atom stereocenters. The first kappa shape index (κ1) is 14.7. The largest absolute Gasteiger partial charge is 0.0836 e. The van der Waals surface area contributed by atoms with Crippen molar-refractivity contribution in [2.75, 3.05) is 0 Å². The Balaban J connectivity index is 2.08. The molecule has 0 bridgehead atoms. The van der Waals surface area contributed by atoms with E-state index in [0.29, 0.717) is 14.9 Å². The highest BCUT2D eigenvalue weighted by Gasteiger charge is 2.21. The maximum Gasteiger partial charge on any atom is 0.0595 e. The van der Waals surface area contributed by atoms with Gasteiger partial charge < -0.3 is 0 Å². The Kier molecular flexibility index (Phi) is 5.85. The number of hydrogen-bond donors (Lipinski definition) is 0. The van der Waals surface area contributed by atoms with Crippen LogP contribution in [0.1, 0.15) is 55.3 Å². The van der Waals surface area contributed by atoms with Crippen molar-refractivity contribution in [3.63, 3.8) is 0 Å². The van der Waals surface area contributed by atoms with Gasteiger partial charge in [0.25, 0.3) is 0 Å². The molecule has 0 radical (unpaired) electrons. The fraction of sp³-hybridized carbons (Fsp3) is 0.600. The van der Waals surface area contributed by atoms with Gasteiger partial charge in [-0.3, -0.25) is 0 Å². The summed E-state index contributed by atoms with van der Waals surface area (Å²) in [6.45, 7) is 0. The van der Waals surface area contributed by atoms with E-state index >= 15 is 0 Å². The summed E-state index contributed by atoms with van der Waals surface area (Å²) < 4.78 is 0. The van der Waals surface area contributed by atoms with Gasteiger partial charge in [-0.15, -0.1) is 0 Å². The maximum absolute atomic E-state index is 6.10. The van der Waals surface area contributed by atoms with E-state index in [9.17, 15) is 0 Å². The number of halogens is 3. The molecule has 1 fully saturated rings. The van der Waals surface area contributed by atoms with Crippen LogP contribution in [0.25, 0.3) is 0 Å². The molecule has 0 aromatic heterocycles. The first-order chi connectivity index (χ1) is 8.68. The molecule has 1 aliphatic carbocycles. The third-order valence-corrected chi connectivity index (χ3v) is 5.84. The summed E-state index contributed by atoms with van der Waals surface area (Å²) in [5, 5.41) is 1.29. The summed E-state index contributed by atoms with van der Waals surface area (Å²) in [4.78, 5) is 0.408. The zero-order valence-corrected chi connectivity index (χ0v) is 13.6.